The predicted octanol–water partition coefficient (Wildman–Crippen LogP) is 2.93. The number of methoxy groups -OCH3 is 1. The zero-order chi connectivity index (χ0) is 11.5. The Kier molecular flexibility index (Phi) is 3.15. The van der Waals surface area contributed by atoms with Crippen LogP contribution in [0.15, 0.2) is 30.3 Å². The average Bonchev–Trinajstić information content (AvgIpc) is 2.71. The van der Waals surface area contributed by atoms with Crippen molar-refractivity contribution in [3.05, 3.63) is 41.7 Å². The molecule has 0 amide bonds. The van der Waals surface area contributed by atoms with E-state index in [1.165, 1.54) is 0 Å². The van der Waals surface area contributed by atoms with Crippen molar-refractivity contribution in [1.29, 1.82) is 0 Å². The molecule has 0 atom stereocenters. The van der Waals surface area contributed by atoms with Crippen molar-refractivity contribution in [2.24, 2.45) is 0 Å². The maximum atomic E-state index is 5.76. The van der Waals surface area contributed by atoms with E-state index in [-0.39, 0.29) is 0 Å². The van der Waals surface area contributed by atoms with Crippen LogP contribution in [0.4, 0.5) is 0 Å². The fourth-order valence-corrected chi connectivity index (χ4v) is 1.74. The molecule has 0 aliphatic heterocycles. The number of aromatic nitrogens is 2. The van der Waals surface area contributed by atoms with E-state index in [0.717, 1.165) is 22.8 Å². The van der Waals surface area contributed by atoms with E-state index in [1.807, 2.05) is 41.9 Å². The first-order valence-corrected chi connectivity index (χ1v) is 5.54. The highest BCUT2D eigenvalue weighted by atomic mass is 35.5. The van der Waals surface area contributed by atoms with Crippen LogP contribution in [0.25, 0.3) is 5.69 Å². The maximum Gasteiger partial charge on any atom is 0.121 e. The number of hydrogen-bond acceptors (Lipinski definition) is 2. The second kappa shape index (κ2) is 4.58. The number of nitrogens with zero attached hydrogens (tertiary/aromatic N) is 2. The third-order valence-electron chi connectivity index (χ3n) is 2.37. The molecule has 2 rings (SSSR count). The van der Waals surface area contributed by atoms with Gasteiger partial charge in [-0.05, 0) is 25.1 Å². The van der Waals surface area contributed by atoms with Crippen molar-refractivity contribution >= 4 is 11.6 Å². The molecule has 0 aliphatic rings. The summed E-state index contributed by atoms with van der Waals surface area (Å²) in [6.07, 6.45) is 0. The van der Waals surface area contributed by atoms with Crippen LogP contribution in [0.1, 0.15) is 11.4 Å². The van der Waals surface area contributed by atoms with Gasteiger partial charge in [0, 0.05) is 11.8 Å². The lowest BCUT2D eigenvalue weighted by molar-refractivity contribution is 0.414. The van der Waals surface area contributed by atoms with Crippen molar-refractivity contribution in [3.63, 3.8) is 0 Å². The van der Waals surface area contributed by atoms with Crippen LogP contribution < -0.4 is 4.74 Å². The van der Waals surface area contributed by atoms with Gasteiger partial charge in [0.25, 0.3) is 0 Å². The van der Waals surface area contributed by atoms with Gasteiger partial charge in [-0.15, -0.1) is 11.6 Å². The van der Waals surface area contributed by atoms with Crippen LogP contribution in [0.5, 0.6) is 5.75 Å². The molecule has 0 aliphatic carbocycles. The van der Waals surface area contributed by atoms with Crippen molar-refractivity contribution < 1.29 is 4.74 Å². The third-order valence-corrected chi connectivity index (χ3v) is 2.65. The Balaban J connectivity index is 2.45. The average molecular weight is 237 g/mol. The van der Waals surface area contributed by atoms with E-state index in [0.29, 0.717) is 5.88 Å². The Morgan fingerprint density at radius 1 is 1.38 bits per heavy atom. The Morgan fingerprint density at radius 2 is 2.19 bits per heavy atom. The molecule has 0 N–H and O–H groups in total. The Hall–Kier alpha value is -1.48. The lowest BCUT2D eigenvalue weighted by atomic mass is 10.3. The van der Waals surface area contributed by atoms with Crippen LogP contribution in [0.3, 0.4) is 0 Å². The first-order chi connectivity index (χ1) is 7.74. The maximum absolute atomic E-state index is 5.76. The van der Waals surface area contributed by atoms with Crippen molar-refractivity contribution in [2.45, 2.75) is 12.8 Å². The minimum absolute atomic E-state index is 0.428. The molecule has 4 heteroatoms. The van der Waals surface area contributed by atoms with Gasteiger partial charge in [-0.25, -0.2) is 4.68 Å². The molecule has 3 nitrogen and oxygen atoms in total. The first-order valence-electron chi connectivity index (χ1n) is 5.00. The van der Waals surface area contributed by atoms with Crippen LogP contribution >= 0.6 is 11.6 Å². The van der Waals surface area contributed by atoms with E-state index < -0.39 is 0 Å². The van der Waals surface area contributed by atoms with E-state index >= 15 is 0 Å². The Bertz CT molecular complexity index is 494. The van der Waals surface area contributed by atoms with E-state index in [4.69, 9.17) is 16.3 Å². The highest BCUT2D eigenvalue weighted by Crippen LogP contribution is 2.18. The van der Waals surface area contributed by atoms with Crippen LogP contribution in [-0.4, -0.2) is 16.9 Å². The highest BCUT2D eigenvalue weighted by Gasteiger charge is 2.05. The van der Waals surface area contributed by atoms with Gasteiger partial charge in [0.2, 0.25) is 0 Å². The Labute approximate surface area is 99.6 Å². The molecule has 0 saturated carbocycles. The lowest BCUT2D eigenvalue weighted by Gasteiger charge is -2.06. The van der Waals surface area contributed by atoms with E-state index in [9.17, 15) is 0 Å². The second-order valence-electron chi connectivity index (χ2n) is 3.52. The van der Waals surface area contributed by atoms with Gasteiger partial charge in [-0.2, -0.15) is 5.10 Å². The Morgan fingerprint density at radius 3 is 2.81 bits per heavy atom. The molecule has 0 radical (unpaired) electrons. The zero-order valence-electron chi connectivity index (χ0n) is 9.27. The minimum atomic E-state index is 0.428. The molecule has 1 aromatic heterocycles. The minimum Gasteiger partial charge on any atom is -0.497 e. The number of aryl methyl sites for hydroxylation is 1. The summed E-state index contributed by atoms with van der Waals surface area (Å²) in [4.78, 5) is 0. The molecular weight excluding hydrogens is 224 g/mol. The summed E-state index contributed by atoms with van der Waals surface area (Å²) in [6, 6.07) is 9.76. The summed E-state index contributed by atoms with van der Waals surface area (Å²) < 4.78 is 7.04. The number of benzene rings is 1. The van der Waals surface area contributed by atoms with Crippen LogP contribution in [0.2, 0.25) is 0 Å². The number of ether oxygens (including phenoxy) is 1. The largest absolute Gasteiger partial charge is 0.497 e. The SMILES string of the molecule is COc1cccc(-n2nc(CCl)cc2C)c1. The van der Waals surface area contributed by atoms with Gasteiger partial charge in [-0.3, -0.25) is 0 Å². The standard InChI is InChI=1S/C12H13ClN2O/c1-9-6-10(8-13)14-15(9)11-4-3-5-12(7-11)16-2/h3-7H,8H2,1-2H3. The molecule has 0 fully saturated rings. The molecule has 1 heterocycles. The zero-order valence-corrected chi connectivity index (χ0v) is 10.0. The van der Waals surface area contributed by atoms with Gasteiger partial charge in [-0.1, -0.05) is 6.07 Å². The van der Waals surface area contributed by atoms with Gasteiger partial charge in [0.05, 0.1) is 24.4 Å². The topological polar surface area (TPSA) is 27.1 Å². The van der Waals surface area contributed by atoms with Gasteiger partial charge >= 0.3 is 0 Å². The van der Waals surface area contributed by atoms with E-state index in [2.05, 4.69) is 5.10 Å². The summed E-state index contributed by atoms with van der Waals surface area (Å²) in [5, 5.41) is 4.40. The molecule has 0 spiro atoms. The van der Waals surface area contributed by atoms with Crippen molar-refractivity contribution in [3.8, 4) is 11.4 Å². The summed E-state index contributed by atoms with van der Waals surface area (Å²) in [7, 11) is 1.65. The highest BCUT2D eigenvalue weighted by molar-refractivity contribution is 6.16. The molecule has 0 unspecified atom stereocenters. The van der Waals surface area contributed by atoms with Crippen molar-refractivity contribution in [2.75, 3.05) is 7.11 Å². The molecule has 0 bridgehead atoms. The molecule has 2 aromatic rings. The van der Waals surface area contributed by atoms with Crippen molar-refractivity contribution in [1.82, 2.24) is 9.78 Å². The van der Waals surface area contributed by atoms with Gasteiger partial charge < -0.3 is 4.74 Å². The lowest BCUT2D eigenvalue weighted by Crippen LogP contribution is -1.99. The summed E-state index contributed by atoms with van der Waals surface area (Å²) in [6.45, 7) is 2.00. The summed E-state index contributed by atoms with van der Waals surface area (Å²) in [5.41, 5.74) is 2.92. The van der Waals surface area contributed by atoms with Gasteiger partial charge in [0.1, 0.15) is 5.75 Å². The monoisotopic (exact) mass is 236 g/mol. The predicted molar refractivity (Wildman–Crippen MR) is 64.4 cm³/mol. The number of alkyl halides is 1. The molecule has 1 aromatic carbocycles. The first kappa shape index (κ1) is 11.0. The summed E-state index contributed by atoms with van der Waals surface area (Å²) >= 11 is 5.76. The summed E-state index contributed by atoms with van der Waals surface area (Å²) in [5.74, 6) is 1.25. The number of rotatable bonds is 3. The fraction of sp³-hybridized carbons (Fsp3) is 0.250. The smallest absolute Gasteiger partial charge is 0.121 e. The van der Waals surface area contributed by atoms with E-state index in [1.54, 1.807) is 7.11 Å². The molecular formula is C12H13ClN2O. The normalized spacial score (nSPS) is 10.4. The molecule has 84 valence electrons. The van der Waals surface area contributed by atoms with Crippen LogP contribution in [-0.2, 0) is 5.88 Å². The third kappa shape index (κ3) is 2.04. The molecule has 0 saturated heterocycles. The fourth-order valence-electron chi connectivity index (χ4n) is 1.61. The van der Waals surface area contributed by atoms with Gasteiger partial charge in [0.15, 0.2) is 0 Å². The van der Waals surface area contributed by atoms with Crippen LogP contribution in [0, 0.1) is 6.92 Å². The second-order valence-corrected chi connectivity index (χ2v) is 3.79. The number of hydrogen-bond donors (Lipinski definition) is 0. The number of halogens is 1. The molecule has 16 heavy (non-hydrogen) atoms. The quantitative estimate of drug-likeness (QED) is 0.767.